The number of fused-ring (bicyclic) bond motifs is 1. The van der Waals surface area contributed by atoms with E-state index in [1.54, 1.807) is 0 Å². The van der Waals surface area contributed by atoms with Crippen molar-refractivity contribution in [2.75, 3.05) is 0 Å². The molecule has 0 aliphatic carbocycles. The van der Waals surface area contributed by atoms with E-state index >= 15 is 0 Å². The minimum atomic E-state index is -2.50. The summed E-state index contributed by atoms with van der Waals surface area (Å²) in [5, 5.41) is 12.3. The average Bonchev–Trinajstić information content (AvgIpc) is 3.67. The lowest BCUT2D eigenvalue weighted by atomic mass is 9.81. The SMILES string of the molecule is [2H]C([2H])([2H])c1cc(-c2ccccc2C(C)(C)C)ccc1-n1c(-c2cc(C(C)C)cc(C(C)C)c2O)nc2c(-c3cc(-c4cc(-c5ccc(C(C)(C)C)cc5)ccn4)cc(C(C)(C)C)c3)cccc21. The molecule has 0 aliphatic heterocycles. The zero-order valence-corrected chi connectivity index (χ0v) is 40.6. The standard InChI is InChI=1S/C61H67N3O/c1-37(2)43-34-50(38(3)4)57(65)51(35-43)58-63-56-49(19-17-21-55(56)64(58)54-27-24-42(30-39(54)5)48-18-15-16-20-52(48)61(12,13)14)44-31-45(33-47(32-44)60(9,10)11)53-36-41(28-29-62-53)40-22-25-46(26-23-40)59(6,7)8/h15-38,65H,1-14H3/i5D3. The third kappa shape index (κ3) is 8.93. The van der Waals surface area contributed by atoms with Crippen LogP contribution in [0, 0.1) is 6.85 Å². The van der Waals surface area contributed by atoms with Crippen LogP contribution < -0.4 is 0 Å². The largest absolute Gasteiger partial charge is 0.507 e. The number of nitrogens with zero attached hydrogens (tertiary/aromatic N) is 3. The zero-order chi connectivity index (χ0) is 49.2. The third-order valence-corrected chi connectivity index (χ3v) is 12.9. The second-order valence-electron chi connectivity index (χ2n) is 21.6. The molecule has 0 radical (unpaired) electrons. The van der Waals surface area contributed by atoms with Crippen molar-refractivity contribution in [1.29, 1.82) is 0 Å². The van der Waals surface area contributed by atoms with Crippen LogP contribution in [0.1, 0.15) is 139 Å². The van der Waals surface area contributed by atoms with Crippen molar-refractivity contribution < 1.29 is 9.22 Å². The van der Waals surface area contributed by atoms with Crippen molar-refractivity contribution in [3.8, 4) is 67.5 Å². The summed E-state index contributed by atoms with van der Waals surface area (Å²) in [5.41, 5.74) is 15.5. The molecule has 0 aliphatic rings. The van der Waals surface area contributed by atoms with E-state index in [1.165, 1.54) is 5.56 Å². The first kappa shape index (κ1) is 41.4. The van der Waals surface area contributed by atoms with Gasteiger partial charge in [-0.05, 0) is 145 Å². The number of aromatic hydroxyl groups is 1. The van der Waals surface area contributed by atoms with E-state index in [0.717, 1.165) is 72.4 Å². The summed E-state index contributed by atoms with van der Waals surface area (Å²) in [6.07, 6.45) is 1.89. The zero-order valence-electron chi connectivity index (χ0n) is 43.6. The molecule has 8 aromatic rings. The van der Waals surface area contributed by atoms with Crippen LogP contribution in [0.5, 0.6) is 5.75 Å². The Morgan fingerprint density at radius 1 is 0.554 bits per heavy atom. The smallest absolute Gasteiger partial charge is 0.149 e. The highest BCUT2D eigenvalue weighted by Gasteiger charge is 2.26. The van der Waals surface area contributed by atoms with Crippen LogP contribution in [-0.2, 0) is 16.2 Å². The fourth-order valence-electron chi connectivity index (χ4n) is 8.96. The minimum absolute atomic E-state index is 0.0227. The van der Waals surface area contributed by atoms with Gasteiger partial charge in [-0.25, -0.2) is 4.98 Å². The van der Waals surface area contributed by atoms with Crippen molar-refractivity contribution in [2.24, 2.45) is 0 Å². The van der Waals surface area contributed by atoms with Crippen LogP contribution >= 0.6 is 0 Å². The van der Waals surface area contributed by atoms with Crippen molar-refractivity contribution >= 4 is 11.0 Å². The Hall–Kier alpha value is -6.26. The van der Waals surface area contributed by atoms with E-state index in [2.05, 4.69) is 169 Å². The minimum Gasteiger partial charge on any atom is -0.507 e. The lowest BCUT2D eigenvalue weighted by Crippen LogP contribution is -2.12. The lowest BCUT2D eigenvalue weighted by Gasteiger charge is -2.23. The molecular formula is C61H67N3O. The molecule has 0 fully saturated rings. The molecule has 2 heterocycles. The number of aryl methyl sites for hydroxylation is 1. The fourth-order valence-corrected chi connectivity index (χ4v) is 8.96. The second-order valence-corrected chi connectivity index (χ2v) is 21.6. The van der Waals surface area contributed by atoms with Gasteiger partial charge in [0.25, 0.3) is 0 Å². The second kappa shape index (κ2) is 16.9. The van der Waals surface area contributed by atoms with Crippen molar-refractivity contribution in [1.82, 2.24) is 14.5 Å². The van der Waals surface area contributed by atoms with Gasteiger partial charge in [-0.2, -0.15) is 0 Å². The monoisotopic (exact) mass is 861 g/mol. The van der Waals surface area contributed by atoms with Crippen molar-refractivity contribution in [3.05, 3.63) is 167 Å². The summed E-state index contributed by atoms with van der Waals surface area (Å²) < 4.78 is 29.2. The number of imidazole rings is 1. The Balaban J connectivity index is 1.41. The number of benzene rings is 6. The maximum atomic E-state index is 12.3. The first-order valence-corrected chi connectivity index (χ1v) is 23.2. The van der Waals surface area contributed by atoms with E-state index in [4.69, 9.17) is 14.1 Å². The average molecular weight is 861 g/mol. The molecule has 0 unspecified atom stereocenters. The molecule has 4 nitrogen and oxygen atoms in total. The first-order valence-electron chi connectivity index (χ1n) is 24.7. The fraction of sp³-hybridized carbons (Fsp3) is 0.311. The van der Waals surface area contributed by atoms with Crippen LogP contribution in [0.3, 0.4) is 0 Å². The molecule has 6 aromatic carbocycles. The van der Waals surface area contributed by atoms with Gasteiger partial charge in [0.15, 0.2) is 0 Å². The number of hydrogen-bond donors (Lipinski definition) is 1. The van der Waals surface area contributed by atoms with Crippen LogP contribution in [0.15, 0.2) is 134 Å². The number of para-hydroxylation sites is 1. The predicted octanol–water partition coefficient (Wildman–Crippen LogP) is 16.9. The highest BCUT2D eigenvalue weighted by Crippen LogP contribution is 2.44. The van der Waals surface area contributed by atoms with E-state index < -0.39 is 6.85 Å². The van der Waals surface area contributed by atoms with Gasteiger partial charge in [-0.15, -0.1) is 0 Å². The molecule has 2 aromatic heterocycles. The van der Waals surface area contributed by atoms with E-state index in [1.807, 2.05) is 59.3 Å². The van der Waals surface area contributed by atoms with E-state index in [0.29, 0.717) is 22.6 Å². The third-order valence-electron chi connectivity index (χ3n) is 12.9. The van der Waals surface area contributed by atoms with Crippen LogP contribution in [-0.4, -0.2) is 19.6 Å². The molecule has 332 valence electrons. The summed E-state index contributed by atoms with van der Waals surface area (Å²) in [5.74, 6) is 0.801. The van der Waals surface area contributed by atoms with Crippen LogP contribution in [0.4, 0.5) is 0 Å². The van der Waals surface area contributed by atoms with Gasteiger partial charge in [0.1, 0.15) is 11.6 Å². The number of phenols is 1. The van der Waals surface area contributed by atoms with Crippen LogP contribution in [0.25, 0.3) is 72.7 Å². The van der Waals surface area contributed by atoms with E-state index in [9.17, 15) is 5.11 Å². The molecular weight excluding hydrogens is 791 g/mol. The van der Waals surface area contributed by atoms with Gasteiger partial charge in [-0.1, -0.05) is 169 Å². The van der Waals surface area contributed by atoms with Gasteiger partial charge in [0.2, 0.25) is 0 Å². The summed E-state index contributed by atoms with van der Waals surface area (Å²) in [7, 11) is 0. The van der Waals surface area contributed by atoms with Crippen molar-refractivity contribution in [2.45, 2.75) is 125 Å². The normalized spacial score (nSPS) is 13.4. The first-order chi connectivity index (χ1) is 31.8. The number of aromatic nitrogens is 3. The Morgan fingerprint density at radius 3 is 1.89 bits per heavy atom. The highest BCUT2D eigenvalue weighted by molar-refractivity contribution is 5.97. The maximum absolute atomic E-state index is 12.3. The number of phenolic OH excluding ortho intramolecular Hbond substituents is 1. The predicted molar refractivity (Wildman–Crippen MR) is 277 cm³/mol. The quantitative estimate of drug-likeness (QED) is 0.166. The molecule has 65 heavy (non-hydrogen) atoms. The van der Waals surface area contributed by atoms with Crippen LogP contribution in [0.2, 0.25) is 0 Å². The molecule has 0 saturated carbocycles. The lowest BCUT2D eigenvalue weighted by molar-refractivity contribution is 0.466. The van der Waals surface area contributed by atoms with Gasteiger partial charge in [0, 0.05) is 21.4 Å². The topological polar surface area (TPSA) is 50.9 Å². The molecule has 1 N–H and O–H groups in total. The van der Waals surface area contributed by atoms with Gasteiger partial charge in [-0.3, -0.25) is 9.55 Å². The number of pyridine rings is 1. The van der Waals surface area contributed by atoms with E-state index in [-0.39, 0.29) is 39.4 Å². The molecule has 0 bridgehead atoms. The maximum Gasteiger partial charge on any atom is 0.149 e. The molecule has 4 heteroatoms. The Labute approximate surface area is 392 Å². The Bertz CT molecular complexity index is 3170. The molecule has 0 saturated heterocycles. The summed E-state index contributed by atoms with van der Waals surface area (Å²) in [4.78, 5) is 10.5. The van der Waals surface area contributed by atoms with Gasteiger partial charge < -0.3 is 5.11 Å². The summed E-state index contributed by atoms with van der Waals surface area (Å²) in [6.45, 7) is 25.9. The van der Waals surface area contributed by atoms with Gasteiger partial charge >= 0.3 is 0 Å². The molecule has 8 rings (SSSR count). The molecule has 0 spiro atoms. The van der Waals surface area contributed by atoms with Crippen molar-refractivity contribution in [3.63, 3.8) is 0 Å². The summed E-state index contributed by atoms with van der Waals surface area (Å²) >= 11 is 0. The van der Waals surface area contributed by atoms with Gasteiger partial charge in [0.05, 0.1) is 28.0 Å². The number of rotatable bonds is 8. The summed E-state index contributed by atoms with van der Waals surface area (Å²) in [6, 6.07) is 44.0. The Kier molecular flexibility index (Phi) is 10.8. The Morgan fingerprint density at radius 2 is 1.23 bits per heavy atom. The highest BCUT2D eigenvalue weighted by atomic mass is 16.3. The molecule has 0 amide bonds. The molecule has 0 atom stereocenters. The number of hydrogen-bond acceptors (Lipinski definition) is 3.